The maximum Gasteiger partial charge on any atom is 0.281 e. The molecule has 7 nitrogen and oxygen atoms in total. The molecule has 0 saturated carbocycles. The van der Waals surface area contributed by atoms with Crippen molar-refractivity contribution in [2.75, 3.05) is 11.9 Å². The van der Waals surface area contributed by atoms with Crippen LogP contribution >= 0.6 is 0 Å². The highest BCUT2D eigenvalue weighted by Crippen LogP contribution is 2.24. The van der Waals surface area contributed by atoms with E-state index in [-0.39, 0.29) is 18.6 Å². The molecular formula is C24H23N3O4. The third kappa shape index (κ3) is 5.09. The quantitative estimate of drug-likeness (QED) is 0.365. The van der Waals surface area contributed by atoms with Crippen LogP contribution in [0.2, 0.25) is 0 Å². The number of anilines is 1. The zero-order valence-corrected chi connectivity index (χ0v) is 16.8. The van der Waals surface area contributed by atoms with Crippen molar-refractivity contribution in [3.63, 3.8) is 0 Å². The zero-order chi connectivity index (χ0) is 21.6. The third-order valence-corrected chi connectivity index (χ3v) is 5.21. The van der Waals surface area contributed by atoms with E-state index in [1.165, 1.54) is 5.48 Å². The first-order valence-electron chi connectivity index (χ1n) is 9.99. The number of hydroxylamine groups is 1. The van der Waals surface area contributed by atoms with E-state index >= 15 is 0 Å². The van der Waals surface area contributed by atoms with Gasteiger partial charge in [0.15, 0.2) is 6.61 Å². The molecule has 0 bridgehead atoms. The van der Waals surface area contributed by atoms with Crippen LogP contribution in [0.1, 0.15) is 11.1 Å². The van der Waals surface area contributed by atoms with Gasteiger partial charge in [0.25, 0.3) is 5.91 Å². The Morgan fingerprint density at radius 3 is 2.45 bits per heavy atom. The fraction of sp³-hybridized carbons (Fsp3) is 0.167. The second kappa shape index (κ2) is 9.42. The van der Waals surface area contributed by atoms with Crippen LogP contribution in [0.25, 0.3) is 11.1 Å². The lowest BCUT2D eigenvalue weighted by atomic mass is 9.95. The van der Waals surface area contributed by atoms with Gasteiger partial charge in [0, 0.05) is 12.2 Å². The second-order valence-electron chi connectivity index (χ2n) is 7.32. The highest BCUT2D eigenvalue weighted by atomic mass is 16.5. The summed E-state index contributed by atoms with van der Waals surface area (Å²) < 4.78 is 5.34. The first-order valence-corrected chi connectivity index (χ1v) is 9.99. The number of carbonyl (C=O) groups excluding carboxylic acids is 2. The molecule has 7 heteroatoms. The summed E-state index contributed by atoms with van der Waals surface area (Å²) in [7, 11) is 0. The molecule has 0 fully saturated rings. The Morgan fingerprint density at radius 1 is 0.968 bits per heavy atom. The van der Waals surface area contributed by atoms with Gasteiger partial charge in [-0.15, -0.1) is 0 Å². The summed E-state index contributed by atoms with van der Waals surface area (Å²) in [5.74, 6) is -0.173. The lowest BCUT2D eigenvalue weighted by molar-refractivity contribution is -0.131. The molecule has 3 aromatic carbocycles. The predicted molar refractivity (Wildman–Crippen MR) is 117 cm³/mol. The van der Waals surface area contributed by atoms with E-state index < -0.39 is 5.91 Å². The van der Waals surface area contributed by atoms with Gasteiger partial charge < -0.3 is 15.4 Å². The lowest BCUT2D eigenvalue weighted by Crippen LogP contribution is -2.44. The minimum absolute atomic E-state index is 0.0851. The van der Waals surface area contributed by atoms with E-state index in [0.29, 0.717) is 18.7 Å². The molecule has 0 saturated heterocycles. The highest BCUT2D eigenvalue weighted by molar-refractivity contribution is 5.95. The van der Waals surface area contributed by atoms with Gasteiger partial charge in [-0.05, 0) is 52.9 Å². The van der Waals surface area contributed by atoms with Gasteiger partial charge in [-0.2, -0.15) is 0 Å². The second-order valence-corrected chi connectivity index (χ2v) is 7.32. The number of fused-ring (bicyclic) bond motifs is 1. The van der Waals surface area contributed by atoms with Crippen LogP contribution in [0.3, 0.4) is 0 Å². The minimum Gasteiger partial charge on any atom is -0.484 e. The van der Waals surface area contributed by atoms with E-state index in [1.54, 1.807) is 6.07 Å². The smallest absolute Gasteiger partial charge is 0.281 e. The number of rotatable bonds is 6. The number of amides is 2. The average Bonchev–Trinajstić information content (AvgIpc) is 2.83. The van der Waals surface area contributed by atoms with E-state index in [1.807, 2.05) is 54.6 Å². The van der Waals surface area contributed by atoms with Gasteiger partial charge in [-0.3, -0.25) is 14.8 Å². The Hall–Kier alpha value is -3.68. The topological polar surface area (TPSA) is 99.7 Å². The Kier molecular flexibility index (Phi) is 6.26. The van der Waals surface area contributed by atoms with Crippen molar-refractivity contribution in [1.29, 1.82) is 0 Å². The molecular weight excluding hydrogens is 394 g/mol. The average molecular weight is 417 g/mol. The van der Waals surface area contributed by atoms with E-state index in [4.69, 9.17) is 9.94 Å². The Bertz CT molecular complexity index is 1070. The van der Waals surface area contributed by atoms with Crippen molar-refractivity contribution in [1.82, 2.24) is 10.8 Å². The fourth-order valence-corrected chi connectivity index (χ4v) is 3.55. The number of hydrogen-bond donors (Lipinski definition) is 4. The monoisotopic (exact) mass is 417 g/mol. The summed E-state index contributed by atoms with van der Waals surface area (Å²) >= 11 is 0. The Labute approximate surface area is 180 Å². The Balaban J connectivity index is 1.36. The number of benzene rings is 3. The molecule has 1 aliphatic heterocycles. The van der Waals surface area contributed by atoms with Crippen LogP contribution in [0.5, 0.6) is 5.75 Å². The largest absolute Gasteiger partial charge is 0.484 e. The Morgan fingerprint density at radius 2 is 1.71 bits per heavy atom. The molecule has 0 aliphatic carbocycles. The zero-order valence-electron chi connectivity index (χ0n) is 16.8. The van der Waals surface area contributed by atoms with Crippen molar-refractivity contribution in [3.05, 3.63) is 83.9 Å². The molecule has 0 aromatic heterocycles. The molecule has 158 valence electrons. The third-order valence-electron chi connectivity index (χ3n) is 5.21. The summed E-state index contributed by atoms with van der Waals surface area (Å²) in [6, 6.07) is 23.0. The SMILES string of the molecule is O=C(COc1ccc2c(c1)CN[C@H](C(=O)Nc1ccc(-c3ccccc3)cc1)C2)NO. The van der Waals surface area contributed by atoms with Crippen molar-refractivity contribution < 1.29 is 19.5 Å². The van der Waals surface area contributed by atoms with Gasteiger partial charge in [0.1, 0.15) is 5.75 Å². The fourth-order valence-electron chi connectivity index (χ4n) is 3.55. The number of ether oxygens (including phenoxy) is 1. The minimum atomic E-state index is -0.621. The predicted octanol–water partition coefficient (Wildman–Crippen LogP) is 2.89. The first kappa shape index (κ1) is 20.6. The highest BCUT2D eigenvalue weighted by Gasteiger charge is 2.24. The summed E-state index contributed by atoms with van der Waals surface area (Å²) in [4.78, 5) is 23.8. The van der Waals surface area contributed by atoms with E-state index in [9.17, 15) is 9.59 Å². The molecule has 3 aromatic rings. The van der Waals surface area contributed by atoms with Crippen molar-refractivity contribution in [3.8, 4) is 16.9 Å². The number of carbonyl (C=O) groups is 2. The van der Waals surface area contributed by atoms with Crippen LogP contribution in [-0.4, -0.2) is 29.7 Å². The molecule has 31 heavy (non-hydrogen) atoms. The van der Waals surface area contributed by atoms with Gasteiger partial charge in [0.2, 0.25) is 5.91 Å². The van der Waals surface area contributed by atoms with Crippen LogP contribution in [-0.2, 0) is 22.6 Å². The van der Waals surface area contributed by atoms with Crippen molar-refractivity contribution in [2.45, 2.75) is 19.0 Å². The molecule has 0 unspecified atom stereocenters. The maximum absolute atomic E-state index is 12.7. The van der Waals surface area contributed by atoms with Crippen LogP contribution in [0.15, 0.2) is 72.8 Å². The lowest BCUT2D eigenvalue weighted by Gasteiger charge is -2.26. The van der Waals surface area contributed by atoms with Gasteiger partial charge >= 0.3 is 0 Å². The van der Waals surface area contributed by atoms with Gasteiger partial charge in [-0.1, -0.05) is 48.5 Å². The van der Waals surface area contributed by atoms with E-state index in [0.717, 1.165) is 27.9 Å². The molecule has 4 N–H and O–H groups in total. The summed E-state index contributed by atoms with van der Waals surface area (Å²) in [5.41, 5.74) is 6.57. The standard InChI is InChI=1S/C24H23N3O4/c28-23(27-30)15-31-21-11-8-18-13-22(25-14-19(18)12-21)24(29)26-20-9-6-17(7-10-20)16-4-2-1-3-5-16/h1-12,22,25,30H,13-15H2,(H,26,29)(H,27,28)/t22-/m0/s1. The first-order chi connectivity index (χ1) is 15.1. The normalized spacial score (nSPS) is 14.9. The summed E-state index contributed by atoms with van der Waals surface area (Å²) in [5, 5.41) is 14.8. The molecule has 1 atom stereocenters. The number of hydrogen-bond acceptors (Lipinski definition) is 5. The molecule has 0 spiro atoms. The molecule has 1 aliphatic rings. The van der Waals surface area contributed by atoms with Crippen molar-refractivity contribution >= 4 is 17.5 Å². The summed E-state index contributed by atoms with van der Waals surface area (Å²) in [6.07, 6.45) is 0.556. The van der Waals surface area contributed by atoms with E-state index in [2.05, 4.69) is 22.8 Å². The van der Waals surface area contributed by atoms with Crippen LogP contribution < -0.4 is 20.9 Å². The molecule has 0 radical (unpaired) electrons. The van der Waals surface area contributed by atoms with Crippen LogP contribution in [0, 0.1) is 0 Å². The maximum atomic E-state index is 12.7. The number of nitrogens with one attached hydrogen (secondary N) is 3. The van der Waals surface area contributed by atoms with Crippen LogP contribution in [0.4, 0.5) is 5.69 Å². The molecule has 2 amide bonds. The van der Waals surface area contributed by atoms with Crippen molar-refractivity contribution in [2.24, 2.45) is 0 Å². The molecule has 4 rings (SSSR count). The molecule has 1 heterocycles. The van der Waals surface area contributed by atoms with Gasteiger partial charge in [0.05, 0.1) is 6.04 Å². The van der Waals surface area contributed by atoms with Gasteiger partial charge in [-0.25, -0.2) is 5.48 Å². The summed E-state index contributed by atoms with van der Waals surface area (Å²) in [6.45, 7) is 0.251.